The Bertz CT molecular complexity index is 355. The SMILES string of the molecule is C#CCCC(N)c1ccc(F)cc1F. The first kappa shape index (κ1) is 10.7. The van der Waals surface area contributed by atoms with Crippen LogP contribution in [0, 0.1) is 24.0 Å². The van der Waals surface area contributed by atoms with Gasteiger partial charge in [0.1, 0.15) is 11.6 Å². The minimum Gasteiger partial charge on any atom is -0.324 e. The van der Waals surface area contributed by atoms with Crippen molar-refractivity contribution in [3.8, 4) is 12.3 Å². The van der Waals surface area contributed by atoms with Gasteiger partial charge >= 0.3 is 0 Å². The summed E-state index contributed by atoms with van der Waals surface area (Å²) in [5.74, 6) is 1.21. The Morgan fingerprint density at radius 3 is 2.71 bits per heavy atom. The van der Waals surface area contributed by atoms with Gasteiger partial charge in [0.25, 0.3) is 0 Å². The average molecular weight is 195 g/mol. The van der Waals surface area contributed by atoms with Gasteiger partial charge in [-0.05, 0) is 12.5 Å². The van der Waals surface area contributed by atoms with Crippen LogP contribution in [0.1, 0.15) is 24.4 Å². The summed E-state index contributed by atoms with van der Waals surface area (Å²) in [6.45, 7) is 0. The summed E-state index contributed by atoms with van der Waals surface area (Å²) in [7, 11) is 0. The average Bonchev–Trinajstić information content (AvgIpc) is 2.14. The van der Waals surface area contributed by atoms with Gasteiger partial charge in [-0.1, -0.05) is 6.07 Å². The fraction of sp³-hybridized carbons (Fsp3) is 0.273. The van der Waals surface area contributed by atoms with Crippen molar-refractivity contribution in [2.45, 2.75) is 18.9 Å². The predicted molar refractivity (Wildman–Crippen MR) is 51.4 cm³/mol. The van der Waals surface area contributed by atoms with Gasteiger partial charge in [-0.2, -0.15) is 0 Å². The smallest absolute Gasteiger partial charge is 0.130 e. The fourth-order valence-electron chi connectivity index (χ4n) is 1.20. The van der Waals surface area contributed by atoms with Crippen molar-refractivity contribution < 1.29 is 8.78 Å². The second-order valence-corrected chi connectivity index (χ2v) is 3.02. The maximum Gasteiger partial charge on any atom is 0.130 e. The molecule has 0 fully saturated rings. The van der Waals surface area contributed by atoms with Crippen molar-refractivity contribution in [3.63, 3.8) is 0 Å². The van der Waals surface area contributed by atoms with Gasteiger partial charge in [-0.3, -0.25) is 0 Å². The Hall–Kier alpha value is -1.40. The maximum absolute atomic E-state index is 13.2. The third kappa shape index (κ3) is 2.54. The summed E-state index contributed by atoms with van der Waals surface area (Å²) in [4.78, 5) is 0. The van der Waals surface area contributed by atoms with E-state index in [4.69, 9.17) is 12.2 Å². The Morgan fingerprint density at radius 1 is 1.43 bits per heavy atom. The summed E-state index contributed by atoms with van der Waals surface area (Å²) in [5.41, 5.74) is 5.98. The maximum atomic E-state index is 13.2. The molecule has 0 aliphatic carbocycles. The standard InChI is InChI=1S/C11H11F2N/c1-2-3-4-11(14)9-6-5-8(12)7-10(9)13/h1,5-7,11H,3-4,14H2. The van der Waals surface area contributed by atoms with Crippen LogP contribution in [0.15, 0.2) is 18.2 Å². The van der Waals surface area contributed by atoms with E-state index >= 15 is 0 Å². The van der Waals surface area contributed by atoms with Crippen LogP contribution in [0.3, 0.4) is 0 Å². The Labute approximate surface area is 81.9 Å². The minimum absolute atomic E-state index is 0.307. The third-order valence-corrected chi connectivity index (χ3v) is 1.96. The van der Waals surface area contributed by atoms with Gasteiger partial charge in [0.2, 0.25) is 0 Å². The zero-order chi connectivity index (χ0) is 10.6. The normalized spacial score (nSPS) is 12.1. The molecule has 0 amide bonds. The molecule has 14 heavy (non-hydrogen) atoms. The van der Waals surface area contributed by atoms with Gasteiger partial charge in [-0.15, -0.1) is 12.3 Å². The van der Waals surface area contributed by atoms with Crippen LogP contribution >= 0.6 is 0 Å². The lowest BCUT2D eigenvalue weighted by Crippen LogP contribution is -2.11. The van der Waals surface area contributed by atoms with Crippen LogP contribution < -0.4 is 5.73 Å². The van der Waals surface area contributed by atoms with Crippen molar-refractivity contribution in [1.82, 2.24) is 0 Å². The molecule has 0 heterocycles. The van der Waals surface area contributed by atoms with Crippen LogP contribution in [-0.4, -0.2) is 0 Å². The van der Waals surface area contributed by atoms with E-state index in [1.165, 1.54) is 12.1 Å². The van der Waals surface area contributed by atoms with Crippen molar-refractivity contribution in [3.05, 3.63) is 35.4 Å². The minimum atomic E-state index is -0.616. The zero-order valence-corrected chi connectivity index (χ0v) is 7.63. The van der Waals surface area contributed by atoms with Gasteiger partial charge in [0, 0.05) is 24.1 Å². The number of hydrogen-bond donors (Lipinski definition) is 1. The molecule has 0 saturated heterocycles. The molecule has 1 unspecified atom stereocenters. The lowest BCUT2D eigenvalue weighted by molar-refractivity contribution is 0.546. The lowest BCUT2D eigenvalue weighted by Gasteiger charge is -2.10. The number of hydrogen-bond acceptors (Lipinski definition) is 1. The van der Waals surface area contributed by atoms with E-state index in [1.807, 2.05) is 0 Å². The number of nitrogens with two attached hydrogens (primary N) is 1. The van der Waals surface area contributed by atoms with Gasteiger partial charge in [-0.25, -0.2) is 8.78 Å². The molecule has 3 heteroatoms. The van der Waals surface area contributed by atoms with E-state index in [-0.39, 0.29) is 0 Å². The molecule has 1 aromatic carbocycles. The van der Waals surface area contributed by atoms with Gasteiger partial charge in [0.05, 0.1) is 0 Å². The summed E-state index contributed by atoms with van der Waals surface area (Å²) in [6.07, 6.45) is 6.04. The Kier molecular flexibility index (Phi) is 3.61. The second-order valence-electron chi connectivity index (χ2n) is 3.02. The fourth-order valence-corrected chi connectivity index (χ4v) is 1.20. The van der Waals surface area contributed by atoms with Crippen LogP contribution in [0.5, 0.6) is 0 Å². The van der Waals surface area contributed by atoms with Crippen LogP contribution in [0.4, 0.5) is 8.78 Å². The molecule has 1 aromatic rings. The first-order valence-electron chi connectivity index (χ1n) is 4.29. The van der Waals surface area contributed by atoms with Crippen LogP contribution in [-0.2, 0) is 0 Å². The molecule has 0 aliphatic heterocycles. The van der Waals surface area contributed by atoms with E-state index in [1.54, 1.807) is 0 Å². The molecule has 0 aliphatic rings. The third-order valence-electron chi connectivity index (χ3n) is 1.96. The monoisotopic (exact) mass is 195 g/mol. The number of terminal acetylenes is 1. The van der Waals surface area contributed by atoms with Crippen LogP contribution in [0.2, 0.25) is 0 Å². The molecule has 1 nitrogen and oxygen atoms in total. The molecule has 0 bridgehead atoms. The van der Waals surface area contributed by atoms with Crippen molar-refractivity contribution >= 4 is 0 Å². The molecule has 0 spiro atoms. The van der Waals surface area contributed by atoms with E-state index in [2.05, 4.69) is 5.92 Å². The van der Waals surface area contributed by atoms with Crippen LogP contribution in [0.25, 0.3) is 0 Å². The first-order chi connectivity index (χ1) is 6.65. The van der Waals surface area contributed by atoms with Gasteiger partial charge < -0.3 is 5.73 Å². The highest BCUT2D eigenvalue weighted by molar-refractivity contribution is 5.21. The molecule has 0 aromatic heterocycles. The largest absolute Gasteiger partial charge is 0.324 e. The van der Waals surface area contributed by atoms with E-state index in [0.717, 1.165) is 6.07 Å². The van der Waals surface area contributed by atoms with Crippen molar-refractivity contribution in [2.24, 2.45) is 5.73 Å². The predicted octanol–water partition coefficient (Wildman–Crippen LogP) is 2.38. The molecular formula is C11H11F2N. The van der Waals surface area contributed by atoms with Gasteiger partial charge in [0.15, 0.2) is 0 Å². The Balaban J connectivity index is 2.80. The first-order valence-corrected chi connectivity index (χ1v) is 4.29. The van der Waals surface area contributed by atoms with E-state index < -0.39 is 17.7 Å². The molecule has 0 saturated carbocycles. The summed E-state index contributed by atoms with van der Waals surface area (Å²) >= 11 is 0. The number of halogens is 2. The Morgan fingerprint density at radius 2 is 2.14 bits per heavy atom. The highest BCUT2D eigenvalue weighted by atomic mass is 19.1. The highest BCUT2D eigenvalue weighted by Crippen LogP contribution is 2.19. The molecule has 2 N–H and O–H groups in total. The number of rotatable bonds is 3. The summed E-state index contributed by atoms with van der Waals surface area (Å²) in [6, 6.07) is 2.90. The quantitative estimate of drug-likeness (QED) is 0.736. The zero-order valence-electron chi connectivity index (χ0n) is 7.63. The van der Waals surface area contributed by atoms with E-state index in [0.29, 0.717) is 18.4 Å². The molecule has 0 radical (unpaired) electrons. The lowest BCUT2D eigenvalue weighted by atomic mass is 10.0. The molecule has 1 rings (SSSR count). The molecule has 74 valence electrons. The topological polar surface area (TPSA) is 26.0 Å². The van der Waals surface area contributed by atoms with Crippen molar-refractivity contribution in [2.75, 3.05) is 0 Å². The molecular weight excluding hydrogens is 184 g/mol. The number of benzene rings is 1. The second kappa shape index (κ2) is 4.73. The molecule has 1 atom stereocenters. The highest BCUT2D eigenvalue weighted by Gasteiger charge is 2.11. The summed E-state index contributed by atoms with van der Waals surface area (Å²) < 4.78 is 25.7. The summed E-state index contributed by atoms with van der Waals surface area (Å²) in [5, 5.41) is 0. The van der Waals surface area contributed by atoms with Crippen molar-refractivity contribution in [1.29, 1.82) is 0 Å². The van der Waals surface area contributed by atoms with E-state index in [9.17, 15) is 8.78 Å².